The molecule has 0 heterocycles. The summed E-state index contributed by atoms with van der Waals surface area (Å²) in [5.41, 5.74) is 3.83. The number of hydrogen-bond acceptors (Lipinski definition) is 2. The van der Waals surface area contributed by atoms with Gasteiger partial charge in [-0.15, -0.1) is 0 Å². The summed E-state index contributed by atoms with van der Waals surface area (Å²) in [7, 11) is 4.10. The van der Waals surface area contributed by atoms with Crippen LogP contribution in [0.1, 0.15) is 42.0 Å². The van der Waals surface area contributed by atoms with Gasteiger partial charge in [0.2, 0.25) is 0 Å². The van der Waals surface area contributed by atoms with Crippen LogP contribution in [0.2, 0.25) is 0 Å². The van der Waals surface area contributed by atoms with Gasteiger partial charge in [-0.1, -0.05) is 23.8 Å². The fourth-order valence-electron chi connectivity index (χ4n) is 2.26. The number of nitrogens with zero attached hydrogens (tertiary/aromatic N) is 1. The van der Waals surface area contributed by atoms with E-state index in [9.17, 15) is 4.79 Å². The monoisotopic (exact) mass is 249 g/mol. The standard InChI is InChI=1S/C15H23NO2/c1-11-8-9-12(2)13(10-11)14(16(3)4)6-5-7-15(17)18/h8-10,14H,5-7H2,1-4H3,(H,17,18). The molecule has 0 aliphatic rings. The summed E-state index contributed by atoms with van der Waals surface area (Å²) in [6.07, 6.45) is 1.84. The molecular weight excluding hydrogens is 226 g/mol. The third-order valence-electron chi connectivity index (χ3n) is 3.29. The minimum atomic E-state index is -0.714. The van der Waals surface area contributed by atoms with E-state index in [2.05, 4.69) is 36.9 Å². The van der Waals surface area contributed by atoms with Crippen LogP contribution < -0.4 is 0 Å². The third-order valence-corrected chi connectivity index (χ3v) is 3.29. The molecular formula is C15H23NO2. The van der Waals surface area contributed by atoms with Gasteiger partial charge in [-0.3, -0.25) is 4.79 Å². The molecule has 0 bridgehead atoms. The Morgan fingerprint density at radius 2 is 2.00 bits per heavy atom. The first-order chi connectivity index (χ1) is 8.41. The fraction of sp³-hybridized carbons (Fsp3) is 0.533. The molecule has 1 atom stereocenters. The van der Waals surface area contributed by atoms with Crippen LogP contribution in [-0.4, -0.2) is 30.1 Å². The van der Waals surface area contributed by atoms with Crippen molar-refractivity contribution in [2.45, 2.75) is 39.2 Å². The van der Waals surface area contributed by atoms with Crippen molar-refractivity contribution in [2.75, 3.05) is 14.1 Å². The Morgan fingerprint density at radius 1 is 1.33 bits per heavy atom. The smallest absolute Gasteiger partial charge is 0.303 e. The first-order valence-electron chi connectivity index (χ1n) is 6.37. The van der Waals surface area contributed by atoms with E-state index in [1.165, 1.54) is 16.7 Å². The summed E-state index contributed by atoms with van der Waals surface area (Å²) >= 11 is 0. The molecule has 100 valence electrons. The van der Waals surface area contributed by atoms with Crippen LogP contribution in [0.5, 0.6) is 0 Å². The molecule has 1 unspecified atom stereocenters. The van der Waals surface area contributed by atoms with Crippen molar-refractivity contribution in [3.05, 3.63) is 34.9 Å². The van der Waals surface area contributed by atoms with Crippen molar-refractivity contribution in [3.63, 3.8) is 0 Å². The van der Waals surface area contributed by atoms with Crippen LogP contribution in [0.4, 0.5) is 0 Å². The van der Waals surface area contributed by atoms with Crippen molar-refractivity contribution in [3.8, 4) is 0 Å². The van der Waals surface area contributed by atoms with Gasteiger partial charge in [0.1, 0.15) is 0 Å². The highest BCUT2D eigenvalue weighted by molar-refractivity contribution is 5.66. The Morgan fingerprint density at radius 3 is 2.56 bits per heavy atom. The Hall–Kier alpha value is -1.35. The highest BCUT2D eigenvalue weighted by Gasteiger charge is 2.16. The van der Waals surface area contributed by atoms with Gasteiger partial charge >= 0.3 is 5.97 Å². The number of rotatable bonds is 6. The van der Waals surface area contributed by atoms with Gasteiger partial charge in [0.25, 0.3) is 0 Å². The number of aryl methyl sites for hydroxylation is 2. The Labute approximate surface area is 109 Å². The van der Waals surface area contributed by atoms with Gasteiger partial charge in [-0.05, 0) is 51.9 Å². The number of benzene rings is 1. The van der Waals surface area contributed by atoms with Crippen molar-refractivity contribution in [1.82, 2.24) is 4.90 Å². The Bertz CT molecular complexity index is 413. The van der Waals surface area contributed by atoms with Crippen molar-refractivity contribution < 1.29 is 9.90 Å². The third kappa shape index (κ3) is 4.15. The number of aliphatic carboxylic acids is 1. The quantitative estimate of drug-likeness (QED) is 0.842. The van der Waals surface area contributed by atoms with E-state index < -0.39 is 5.97 Å². The summed E-state index contributed by atoms with van der Waals surface area (Å²) in [5, 5.41) is 8.72. The van der Waals surface area contributed by atoms with Crippen LogP contribution in [-0.2, 0) is 4.79 Å². The second-order valence-corrected chi connectivity index (χ2v) is 5.13. The maximum atomic E-state index is 10.6. The number of carboxylic acid groups (broad SMARTS) is 1. The van der Waals surface area contributed by atoms with Crippen molar-refractivity contribution >= 4 is 5.97 Å². The second kappa shape index (κ2) is 6.55. The van der Waals surface area contributed by atoms with Crippen LogP contribution in [0, 0.1) is 13.8 Å². The highest BCUT2D eigenvalue weighted by atomic mass is 16.4. The molecule has 0 saturated heterocycles. The molecule has 0 spiro atoms. The van der Waals surface area contributed by atoms with Gasteiger partial charge in [0.15, 0.2) is 0 Å². The molecule has 0 amide bonds. The summed E-state index contributed by atoms with van der Waals surface area (Å²) in [5.74, 6) is -0.714. The van der Waals surface area contributed by atoms with Gasteiger partial charge in [0, 0.05) is 12.5 Å². The largest absolute Gasteiger partial charge is 0.481 e. The van der Waals surface area contributed by atoms with Crippen LogP contribution >= 0.6 is 0 Å². The zero-order valence-corrected chi connectivity index (χ0v) is 11.7. The van der Waals surface area contributed by atoms with E-state index in [1.54, 1.807) is 0 Å². The van der Waals surface area contributed by atoms with E-state index in [0.29, 0.717) is 12.5 Å². The van der Waals surface area contributed by atoms with Gasteiger partial charge in [0.05, 0.1) is 0 Å². The van der Waals surface area contributed by atoms with E-state index in [0.717, 1.165) is 6.42 Å². The zero-order valence-electron chi connectivity index (χ0n) is 11.7. The number of hydrogen-bond donors (Lipinski definition) is 1. The highest BCUT2D eigenvalue weighted by Crippen LogP contribution is 2.27. The summed E-state index contributed by atoms with van der Waals surface area (Å²) < 4.78 is 0. The molecule has 0 fully saturated rings. The fourth-order valence-corrected chi connectivity index (χ4v) is 2.26. The number of carbonyl (C=O) groups is 1. The average Bonchev–Trinajstić information content (AvgIpc) is 2.27. The van der Waals surface area contributed by atoms with Gasteiger partial charge in [-0.2, -0.15) is 0 Å². The maximum absolute atomic E-state index is 10.6. The lowest BCUT2D eigenvalue weighted by Gasteiger charge is -2.26. The van der Waals surface area contributed by atoms with Crippen molar-refractivity contribution in [1.29, 1.82) is 0 Å². The molecule has 0 aliphatic carbocycles. The van der Waals surface area contributed by atoms with E-state index >= 15 is 0 Å². The first-order valence-corrected chi connectivity index (χ1v) is 6.37. The summed E-state index contributed by atoms with van der Waals surface area (Å²) in [4.78, 5) is 12.8. The molecule has 0 saturated carbocycles. The molecule has 0 aliphatic heterocycles. The Kier molecular flexibility index (Phi) is 5.35. The zero-order chi connectivity index (χ0) is 13.7. The SMILES string of the molecule is Cc1ccc(C)c(C(CCCC(=O)O)N(C)C)c1. The molecule has 0 radical (unpaired) electrons. The first kappa shape index (κ1) is 14.7. The number of carboxylic acids is 1. The van der Waals surface area contributed by atoms with E-state index in [4.69, 9.17) is 5.11 Å². The predicted molar refractivity (Wildman–Crippen MR) is 73.8 cm³/mol. The van der Waals surface area contributed by atoms with Crippen molar-refractivity contribution in [2.24, 2.45) is 0 Å². The second-order valence-electron chi connectivity index (χ2n) is 5.13. The van der Waals surface area contributed by atoms with Crippen LogP contribution in [0.3, 0.4) is 0 Å². The molecule has 1 N–H and O–H groups in total. The van der Waals surface area contributed by atoms with Gasteiger partial charge < -0.3 is 10.0 Å². The molecule has 0 aromatic heterocycles. The summed E-state index contributed by atoms with van der Waals surface area (Å²) in [6.45, 7) is 4.20. The molecule has 3 nitrogen and oxygen atoms in total. The summed E-state index contributed by atoms with van der Waals surface area (Å²) in [6, 6.07) is 6.76. The lowest BCUT2D eigenvalue weighted by atomic mass is 9.94. The molecule has 18 heavy (non-hydrogen) atoms. The lowest BCUT2D eigenvalue weighted by molar-refractivity contribution is -0.137. The Balaban J connectivity index is 2.83. The minimum absolute atomic E-state index is 0.245. The minimum Gasteiger partial charge on any atom is -0.481 e. The average molecular weight is 249 g/mol. The van der Waals surface area contributed by atoms with Gasteiger partial charge in [-0.25, -0.2) is 0 Å². The predicted octanol–water partition coefficient (Wildman–Crippen LogP) is 3.16. The molecule has 1 aromatic carbocycles. The van der Waals surface area contributed by atoms with Crippen LogP contribution in [0.15, 0.2) is 18.2 Å². The topological polar surface area (TPSA) is 40.5 Å². The van der Waals surface area contributed by atoms with E-state index in [-0.39, 0.29) is 6.42 Å². The maximum Gasteiger partial charge on any atom is 0.303 e. The molecule has 3 heteroatoms. The lowest BCUT2D eigenvalue weighted by Crippen LogP contribution is -2.21. The van der Waals surface area contributed by atoms with Crippen LogP contribution in [0.25, 0.3) is 0 Å². The molecule has 1 rings (SSSR count). The molecule has 1 aromatic rings. The van der Waals surface area contributed by atoms with E-state index in [1.807, 2.05) is 14.1 Å². The normalized spacial score (nSPS) is 12.7.